The number of fused-ring (bicyclic) bond motifs is 1. The SMILES string of the molecule is CCOC(=O)C1=C(C)N=c2s/c(=C/c3ccc(N4CCCC4)cc3C)c(=O)n2[C@H]1c1ccc(OC)c(OCC)c1. The van der Waals surface area contributed by atoms with E-state index in [1.54, 1.807) is 31.6 Å². The molecule has 0 N–H and O–H groups in total. The Bertz CT molecular complexity index is 1650. The molecule has 0 saturated carbocycles. The molecule has 0 unspecified atom stereocenters. The molecule has 1 fully saturated rings. The summed E-state index contributed by atoms with van der Waals surface area (Å²) in [6, 6.07) is 11.1. The van der Waals surface area contributed by atoms with E-state index in [4.69, 9.17) is 14.2 Å². The fourth-order valence-corrected chi connectivity index (χ4v) is 6.41. The lowest BCUT2D eigenvalue weighted by atomic mass is 9.95. The Morgan fingerprint density at radius 3 is 2.52 bits per heavy atom. The van der Waals surface area contributed by atoms with Crippen molar-refractivity contribution in [2.24, 2.45) is 4.99 Å². The van der Waals surface area contributed by atoms with E-state index in [9.17, 15) is 9.59 Å². The second-order valence-electron chi connectivity index (χ2n) is 9.88. The molecule has 2 aliphatic rings. The number of hydrogen-bond acceptors (Lipinski definition) is 8. The van der Waals surface area contributed by atoms with Crippen LogP contribution in [0.25, 0.3) is 6.08 Å². The van der Waals surface area contributed by atoms with Crippen LogP contribution >= 0.6 is 11.3 Å². The van der Waals surface area contributed by atoms with Crippen LogP contribution in [0.1, 0.15) is 56.3 Å². The third-order valence-electron chi connectivity index (χ3n) is 7.33. The summed E-state index contributed by atoms with van der Waals surface area (Å²) in [5.74, 6) is 0.616. The number of esters is 1. The van der Waals surface area contributed by atoms with Gasteiger partial charge in [0, 0.05) is 18.8 Å². The van der Waals surface area contributed by atoms with E-state index in [0.717, 1.165) is 24.2 Å². The van der Waals surface area contributed by atoms with E-state index < -0.39 is 12.0 Å². The maximum absolute atomic E-state index is 14.0. The zero-order valence-corrected chi connectivity index (χ0v) is 24.5. The van der Waals surface area contributed by atoms with Crippen molar-refractivity contribution in [1.29, 1.82) is 0 Å². The molecule has 0 radical (unpaired) electrons. The standard InChI is InChI=1S/C31H35N3O5S/c1-6-38-25-17-22(11-13-24(25)37-5)28-27(30(36)39-7-2)20(4)32-31-34(28)29(35)26(40-31)18-21-10-12-23(16-19(21)3)33-14-8-9-15-33/h10-13,16-18,28H,6-9,14-15H2,1-5H3/b26-18+/t28-/m0/s1. The van der Waals surface area contributed by atoms with E-state index in [0.29, 0.717) is 44.3 Å². The molecular formula is C31H35N3O5S. The zero-order valence-electron chi connectivity index (χ0n) is 23.7. The van der Waals surface area contributed by atoms with E-state index in [2.05, 4.69) is 35.0 Å². The molecule has 0 amide bonds. The smallest absolute Gasteiger partial charge is 0.338 e. The van der Waals surface area contributed by atoms with Gasteiger partial charge >= 0.3 is 5.97 Å². The predicted octanol–water partition coefficient (Wildman–Crippen LogP) is 4.11. The van der Waals surface area contributed by atoms with Crippen LogP contribution in [0.5, 0.6) is 11.5 Å². The van der Waals surface area contributed by atoms with Crippen molar-refractivity contribution < 1.29 is 19.0 Å². The minimum absolute atomic E-state index is 0.208. The van der Waals surface area contributed by atoms with E-state index in [1.165, 1.54) is 29.9 Å². The molecule has 8 nitrogen and oxygen atoms in total. The Balaban J connectivity index is 1.65. The number of ether oxygens (including phenoxy) is 3. The van der Waals surface area contributed by atoms with Gasteiger partial charge in [0.25, 0.3) is 5.56 Å². The topological polar surface area (TPSA) is 82.4 Å². The van der Waals surface area contributed by atoms with Gasteiger partial charge in [0.1, 0.15) is 0 Å². The zero-order chi connectivity index (χ0) is 28.4. The lowest BCUT2D eigenvalue weighted by Crippen LogP contribution is -2.40. The number of nitrogens with zero attached hydrogens (tertiary/aromatic N) is 3. The van der Waals surface area contributed by atoms with Crippen LogP contribution in [0.15, 0.2) is 57.5 Å². The second-order valence-corrected chi connectivity index (χ2v) is 10.9. The highest BCUT2D eigenvalue weighted by Gasteiger charge is 2.34. The highest BCUT2D eigenvalue weighted by Crippen LogP contribution is 2.36. The molecule has 3 heterocycles. The first-order valence-corrected chi connectivity index (χ1v) is 14.5. The van der Waals surface area contributed by atoms with Crippen LogP contribution in [0.4, 0.5) is 5.69 Å². The molecule has 210 valence electrons. The summed E-state index contributed by atoms with van der Waals surface area (Å²) >= 11 is 1.32. The second kappa shape index (κ2) is 11.7. The van der Waals surface area contributed by atoms with Gasteiger partial charge in [-0.25, -0.2) is 9.79 Å². The molecule has 2 aromatic carbocycles. The van der Waals surface area contributed by atoms with Crippen molar-refractivity contribution >= 4 is 29.1 Å². The average Bonchev–Trinajstić information content (AvgIpc) is 3.58. The van der Waals surface area contributed by atoms with Crippen LogP contribution < -0.4 is 29.3 Å². The molecular weight excluding hydrogens is 526 g/mol. The molecule has 3 aromatic rings. The predicted molar refractivity (Wildman–Crippen MR) is 157 cm³/mol. The number of aryl methyl sites for hydroxylation is 1. The molecule has 1 saturated heterocycles. The summed E-state index contributed by atoms with van der Waals surface area (Å²) in [6.45, 7) is 10.3. The number of methoxy groups -OCH3 is 1. The first kappa shape index (κ1) is 27.7. The highest BCUT2D eigenvalue weighted by atomic mass is 32.1. The molecule has 5 rings (SSSR count). The van der Waals surface area contributed by atoms with Gasteiger partial charge in [-0.1, -0.05) is 23.5 Å². The van der Waals surface area contributed by atoms with Crippen LogP contribution in [-0.2, 0) is 9.53 Å². The molecule has 0 aliphatic carbocycles. The number of thiazole rings is 1. The molecule has 1 atom stereocenters. The van der Waals surface area contributed by atoms with Gasteiger partial charge < -0.3 is 19.1 Å². The lowest BCUT2D eigenvalue weighted by molar-refractivity contribution is -0.139. The molecule has 2 aliphatic heterocycles. The summed E-state index contributed by atoms with van der Waals surface area (Å²) in [5, 5.41) is 0. The fraction of sp³-hybridized carbons (Fsp3) is 0.387. The summed E-state index contributed by atoms with van der Waals surface area (Å²) in [6.07, 6.45) is 4.36. The van der Waals surface area contributed by atoms with Crippen LogP contribution in [0.3, 0.4) is 0 Å². The third-order valence-corrected chi connectivity index (χ3v) is 8.31. The minimum atomic E-state index is -0.721. The van der Waals surface area contributed by atoms with E-state index in [-0.39, 0.29) is 12.2 Å². The molecule has 1 aromatic heterocycles. The van der Waals surface area contributed by atoms with Gasteiger partial charge in [-0.2, -0.15) is 0 Å². The number of aromatic nitrogens is 1. The van der Waals surface area contributed by atoms with Crippen molar-refractivity contribution in [2.45, 2.75) is 46.6 Å². The number of rotatable bonds is 8. The minimum Gasteiger partial charge on any atom is -0.493 e. The number of carbonyl (C=O) groups excluding carboxylic acids is 1. The summed E-state index contributed by atoms with van der Waals surface area (Å²) in [5.41, 5.74) is 4.66. The Kier molecular flexibility index (Phi) is 8.12. The number of benzene rings is 2. The maximum Gasteiger partial charge on any atom is 0.338 e. The average molecular weight is 562 g/mol. The lowest BCUT2D eigenvalue weighted by Gasteiger charge is -2.25. The first-order valence-electron chi connectivity index (χ1n) is 13.7. The van der Waals surface area contributed by atoms with Gasteiger partial charge in [-0.15, -0.1) is 0 Å². The van der Waals surface area contributed by atoms with Gasteiger partial charge in [0.2, 0.25) is 0 Å². The third kappa shape index (κ3) is 5.18. The monoisotopic (exact) mass is 561 g/mol. The fourth-order valence-electron chi connectivity index (χ4n) is 5.37. The Morgan fingerprint density at radius 1 is 1.07 bits per heavy atom. The van der Waals surface area contributed by atoms with Gasteiger partial charge in [0.05, 0.1) is 42.2 Å². The van der Waals surface area contributed by atoms with Crippen molar-refractivity contribution in [3.05, 3.63) is 84.0 Å². The van der Waals surface area contributed by atoms with Crippen LogP contribution in [-0.4, -0.2) is 43.9 Å². The summed E-state index contributed by atoms with van der Waals surface area (Å²) in [4.78, 5) is 34.8. The Morgan fingerprint density at radius 2 is 1.85 bits per heavy atom. The molecule has 0 bridgehead atoms. The normalized spacial score (nSPS) is 17.1. The number of allylic oxidation sites excluding steroid dienone is 1. The highest BCUT2D eigenvalue weighted by molar-refractivity contribution is 7.07. The van der Waals surface area contributed by atoms with E-state index in [1.807, 2.05) is 25.1 Å². The quantitative estimate of drug-likeness (QED) is 0.385. The molecule has 9 heteroatoms. The largest absolute Gasteiger partial charge is 0.493 e. The van der Waals surface area contributed by atoms with Crippen molar-refractivity contribution in [1.82, 2.24) is 4.57 Å². The Labute approximate surface area is 237 Å². The van der Waals surface area contributed by atoms with Crippen LogP contribution in [0.2, 0.25) is 0 Å². The summed E-state index contributed by atoms with van der Waals surface area (Å²) in [7, 11) is 1.58. The van der Waals surface area contributed by atoms with Crippen molar-refractivity contribution in [3.63, 3.8) is 0 Å². The van der Waals surface area contributed by atoms with Gasteiger partial charge in [0.15, 0.2) is 16.3 Å². The molecule has 0 spiro atoms. The number of carbonyl (C=O) groups is 1. The van der Waals surface area contributed by atoms with Crippen molar-refractivity contribution in [3.8, 4) is 11.5 Å². The maximum atomic E-state index is 14.0. The number of hydrogen-bond donors (Lipinski definition) is 0. The van der Waals surface area contributed by atoms with Gasteiger partial charge in [-0.05, 0) is 87.6 Å². The number of anilines is 1. The van der Waals surface area contributed by atoms with Gasteiger partial charge in [-0.3, -0.25) is 9.36 Å². The van der Waals surface area contributed by atoms with Crippen LogP contribution in [0, 0.1) is 6.92 Å². The van der Waals surface area contributed by atoms with E-state index >= 15 is 0 Å². The van der Waals surface area contributed by atoms with Crippen molar-refractivity contribution in [2.75, 3.05) is 38.3 Å². The Hall–Kier alpha value is -3.85. The summed E-state index contributed by atoms with van der Waals surface area (Å²) < 4.78 is 18.9. The first-order chi connectivity index (χ1) is 19.4. The molecule has 40 heavy (non-hydrogen) atoms.